The highest BCUT2D eigenvalue weighted by molar-refractivity contribution is 6.14. The third-order valence-electron chi connectivity index (χ3n) is 13.4. The number of hydrogen-bond acceptors (Lipinski definition) is 5. The summed E-state index contributed by atoms with van der Waals surface area (Å²) < 4.78 is 15.9. The lowest BCUT2D eigenvalue weighted by molar-refractivity contribution is 0.668. The van der Waals surface area contributed by atoms with Gasteiger partial charge in [0, 0.05) is 65.8 Å². The van der Waals surface area contributed by atoms with Gasteiger partial charge in [-0.3, -0.25) is 0 Å². The van der Waals surface area contributed by atoms with Crippen LogP contribution in [0.4, 0.5) is 0 Å². The molecule has 6 nitrogen and oxygen atoms in total. The van der Waals surface area contributed by atoms with E-state index in [4.69, 9.17) is 23.8 Å². The molecule has 70 heavy (non-hydrogen) atoms. The highest BCUT2D eigenvalue weighted by atomic mass is 16.3. The van der Waals surface area contributed by atoms with Crippen molar-refractivity contribution in [1.29, 1.82) is 0 Å². The summed E-state index contributed by atoms with van der Waals surface area (Å²) in [6.07, 6.45) is 4.40. The maximum absolute atomic E-state index is 6.84. The molecular formula is C64H42N4O2. The molecular weight excluding hydrogens is 857 g/mol. The SMILES string of the molecule is C=C(/C=c1\c(=C/C)n(-c2cc3oc4ccccc4c3cc2-c2cc(-c3nc(-c4ccccc4)nc(-c4ccc(-c5ccccc5)cc4)n3)c3c(c2)oc2ccccc23)c2ccccc12)c1ccccc1. The molecule has 0 spiro atoms. The first-order valence-corrected chi connectivity index (χ1v) is 23.5. The smallest absolute Gasteiger partial charge is 0.164 e. The molecule has 0 aliphatic rings. The fraction of sp³-hybridized carbons (Fsp3) is 0.0156. The van der Waals surface area contributed by atoms with Crippen LogP contribution in [0.1, 0.15) is 12.5 Å². The predicted molar refractivity (Wildman–Crippen MR) is 288 cm³/mol. The van der Waals surface area contributed by atoms with E-state index in [9.17, 15) is 0 Å². The molecule has 13 rings (SSSR count). The summed E-state index contributed by atoms with van der Waals surface area (Å²) in [7, 11) is 0. The fourth-order valence-corrected chi connectivity index (χ4v) is 10.0. The minimum Gasteiger partial charge on any atom is -0.456 e. The Morgan fingerprint density at radius 2 is 0.986 bits per heavy atom. The molecule has 0 atom stereocenters. The lowest BCUT2D eigenvalue weighted by Gasteiger charge is -2.16. The van der Waals surface area contributed by atoms with Crippen LogP contribution in [-0.2, 0) is 0 Å². The molecule has 0 aliphatic heterocycles. The summed E-state index contributed by atoms with van der Waals surface area (Å²) in [4.78, 5) is 15.8. The number of rotatable bonds is 8. The van der Waals surface area contributed by atoms with Crippen LogP contribution in [0.25, 0.3) is 135 Å². The number of benzene rings is 9. The normalized spacial score (nSPS) is 12.3. The van der Waals surface area contributed by atoms with Crippen LogP contribution >= 0.6 is 0 Å². The molecule has 9 aromatic carbocycles. The molecule has 4 aromatic heterocycles. The maximum atomic E-state index is 6.84. The Kier molecular flexibility index (Phi) is 9.77. The third-order valence-corrected chi connectivity index (χ3v) is 13.4. The summed E-state index contributed by atoms with van der Waals surface area (Å²) in [5.74, 6) is 1.69. The van der Waals surface area contributed by atoms with Crippen LogP contribution in [0, 0.1) is 0 Å². The standard InChI is InChI=1S/C64H42N4O2/c1-3-54-51(35-40(2)41-19-7-4-8-20-41)47-25-13-16-28-55(47)68(54)56-39-59-52(48-26-14-17-29-57(48)69-59)38-50(56)46-36-53(61-49-27-15-18-30-58(49)70-60(61)37-46)64-66-62(44-23-11-6-12-24-44)65-63(67-64)45-33-31-43(32-34-45)42-21-9-5-10-22-42/h3-39H,2H2,1H3/b51-35-,54-3+. The van der Waals surface area contributed by atoms with Gasteiger partial charge in [-0.05, 0) is 77.2 Å². The van der Waals surface area contributed by atoms with Crippen molar-refractivity contribution in [1.82, 2.24) is 19.5 Å². The number of fused-ring (bicyclic) bond motifs is 7. The van der Waals surface area contributed by atoms with Gasteiger partial charge in [0.25, 0.3) is 0 Å². The number of para-hydroxylation sites is 3. The van der Waals surface area contributed by atoms with E-state index in [1.807, 2.05) is 66.7 Å². The van der Waals surface area contributed by atoms with Crippen LogP contribution in [0.5, 0.6) is 0 Å². The molecule has 13 aromatic rings. The Bertz CT molecular complexity index is 4300. The summed E-state index contributed by atoms with van der Waals surface area (Å²) in [6, 6.07) is 73.2. The molecule has 0 amide bonds. The Morgan fingerprint density at radius 1 is 0.443 bits per heavy atom. The average molecular weight is 899 g/mol. The van der Waals surface area contributed by atoms with Gasteiger partial charge in [-0.2, -0.15) is 0 Å². The number of furan rings is 2. The van der Waals surface area contributed by atoms with Crippen LogP contribution in [0.3, 0.4) is 0 Å². The number of hydrogen-bond donors (Lipinski definition) is 0. The second-order valence-corrected chi connectivity index (χ2v) is 17.6. The Balaban J connectivity index is 1.10. The molecule has 0 N–H and O–H groups in total. The molecule has 4 heterocycles. The highest BCUT2D eigenvalue weighted by Crippen LogP contribution is 2.43. The number of aromatic nitrogens is 4. The third kappa shape index (κ3) is 6.92. The molecule has 0 aliphatic carbocycles. The minimum atomic E-state index is 0.538. The summed E-state index contributed by atoms with van der Waals surface area (Å²) in [5.41, 5.74) is 13.9. The van der Waals surface area contributed by atoms with Gasteiger partial charge in [-0.25, -0.2) is 15.0 Å². The van der Waals surface area contributed by atoms with Crippen molar-refractivity contribution in [3.8, 4) is 62.1 Å². The summed E-state index contributed by atoms with van der Waals surface area (Å²) in [5, 5.41) is 7.18. The van der Waals surface area contributed by atoms with Gasteiger partial charge in [0.15, 0.2) is 17.5 Å². The number of allylic oxidation sites excluding steroid dienone is 1. The molecule has 0 fully saturated rings. The highest BCUT2D eigenvalue weighted by Gasteiger charge is 2.23. The second-order valence-electron chi connectivity index (χ2n) is 17.6. The monoisotopic (exact) mass is 898 g/mol. The van der Waals surface area contributed by atoms with Crippen LogP contribution in [0.15, 0.2) is 228 Å². The predicted octanol–water partition coefficient (Wildman–Crippen LogP) is 15.2. The molecule has 0 unspecified atom stereocenters. The largest absolute Gasteiger partial charge is 0.456 e. The second kappa shape index (κ2) is 16.7. The average Bonchev–Trinajstić information content (AvgIpc) is 4.09. The van der Waals surface area contributed by atoms with Crippen molar-refractivity contribution < 1.29 is 8.83 Å². The van der Waals surface area contributed by atoms with E-state index in [-0.39, 0.29) is 0 Å². The first-order chi connectivity index (χ1) is 34.6. The number of nitrogens with zero attached hydrogens (tertiary/aromatic N) is 4. The van der Waals surface area contributed by atoms with E-state index >= 15 is 0 Å². The van der Waals surface area contributed by atoms with Crippen molar-refractivity contribution in [2.75, 3.05) is 0 Å². The zero-order chi connectivity index (χ0) is 46.7. The minimum absolute atomic E-state index is 0.538. The molecule has 6 heteroatoms. The Labute approximate surface area is 403 Å². The van der Waals surface area contributed by atoms with Crippen LogP contribution in [0.2, 0.25) is 0 Å². The fourth-order valence-electron chi connectivity index (χ4n) is 10.0. The first kappa shape index (κ1) is 40.8. The quantitative estimate of drug-likeness (QED) is 0.152. The van der Waals surface area contributed by atoms with Gasteiger partial charge < -0.3 is 13.4 Å². The first-order valence-electron chi connectivity index (χ1n) is 23.5. The molecule has 0 bridgehead atoms. The zero-order valence-electron chi connectivity index (χ0n) is 38.2. The molecule has 330 valence electrons. The van der Waals surface area contributed by atoms with E-state index in [1.165, 1.54) is 0 Å². The van der Waals surface area contributed by atoms with Gasteiger partial charge in [-0.1, -0.05) is 183 Å². The van der Waals surface area contributed by atoms with Gasteiger partial charge in [0.2, 0.25) is 0 Å². The van der Waals surface area contributed by atoms with Crippen molar-refractivity contribution in [2.24, 2.45) is 0 Å². The van der Waals surface area contributed by atoms with Crippen molar-refractivity contribution in [3.63, 3.8) is 0 Å². The van der Waals surface area contributed by atoms with Crippen LogP contribution in [-0.4, -0.2) is 19.5 Å². The van der Waals surface area contributed by atoms with Gasteiger partial charge in [0.05, 0.1) is 11.2 Å². The van der Waals surface area contributed by atoms with E-state index in [1.54, 1.807) is 0 Å². The van der Waals surface area contributed by atoms with E-state index in [2.05, 4.69) is 176 Å². The van der Waals surface area contributed by atoms with E-state index in [0.717, 1.165) is 121 Å². The van der Waals surface area contributed by atoms with Crippen molar-refractivity contribution >= 4 is 72.5 Å². The Hall–Kier alpha value is -9.39. The van der Waals surface area contributed by atoms with Gasteiger partial charge in [-0.15, -0.1) is 0 Å². The van der Waals surface area contributed by atoms with Crippen molar-refractivity contribution in [3.05, 3.63) is 235 Å². The summed E-state index contributed by atoms with van der Waals surface area (Å²) >= 11 is 0. The van der Waals surface area contributed by atoms with Gasteiger partial charge in [0.1, 0.15) is 22.3 Å². The molecule has 0 saturated carbocycles. The maximum Gasteiger partial charge on any atom is 0.164 e. The molecule has 0 radical (unpaired) electrons. The summed E-state index contributed by atoms with van der Waals surface area (Å²) in [6.45, 7) is 6.65. The van der Waals surface area contributed by atoms with E-state index < -0.39 is 0 Å². The zero-order valence-corrected chi connectivity index (χ0v) is 38.2. The van der Waals surface area contributed by atoms with E-state index in [0.29, 0.717) is 17.5 Å². The van der Waals surface area contributed by atoms with Gasteiger partial charge >= 0.3 is 0 Å². The van der Waals surface area contributed by atoms with Crippen LogP contribution < -0.4 is 10.6 Å². The lowest BCUT2D eigenvalue weighted by atomic mass is 9.95. The Morgan fingerprint density at radius 3 is 1.70 bits per heavy atom. The molecule has 0 saturated heterocycles. The van der Waals surface area contributed by atoms with Crippen molar-refractivity contribution in [2.45, 2.75) is 6.92 Å². The topological polar surface area (TPSA) is 69.9 Å². The lowest BCUT2D eigenvalue weighted by Crippen LogP contribution is -2.28.